The summed E-state index contributed by atoms with van der Waals surface area (Å²) in [6.45, 7) is 2.47. The molecule has 1 aromatic carbocycles. The van der Waals surface area contributed by atoms with Crippen molar-refractivity contribution in [2.24, 2.45) is 0 Å². The lowest BCUT2D eigenvalue weighted by molar-refractivity contribution is -0.119. The molecule has 0 spiro atoms. The van der Waals surface area contributed by atoms with Crippen molar-refractivity contribution in [3.63, 3.8) is 0 Å². The highest BCUT2D eigenvalue weighted by Crippen LogP contribution is 2.28. The van der Waals surface area contributed by atoms with Crippen molar-refractivity contribution in [2.45, 2.75) is 38.8 Å². The first-order valence-electron chi connectivity index (χ1n) is 9.51. The number of hydrogen-bond donors (Lipinski definition) is 2. The van der Waals surface area contributed by atoms with Crippen LogP contribution in [0.1, 0.15) is 29.9 Å². The van der Waals surface area contributed by atoms with Gasteiger partial charge in [0, 0.05) is 24.6 Å². The van der Waals surface area contributed by atoms with Crippen LogP contribution < -0.4 is 14.8 Å². The van der Waals surface area contributed by atoms with Gasteiger partial charge in [0.05, 0.1) is 32.5 Å². The molecule has 0 saturated carbocycles. The van der Waals surface area contributed by atoms with Gasteiger partial charge in [0.1, 0.15) is 5.82 Å². The van der Waals surface area contributed by atoms with Crippen molar-refractivity contribution in [1.82, 2.24) is 30.3 Å². The molecule has 1 saturated heterocycles. The number of H-pyrrole nitrogens is 1. The van der Waals surface area contributed by atoms with Crippen LogP contribution in [-0.4, -0.2) is 51.1 Å². The molecule has 2 aromatic heterocycles. The summed E-state index contributed by atoms with van der Waals surface area (Å²) in [5.74, 6) is 2.88. The van der Waals surface area contributed by atoms with E-state index in [1.165, 1.54) is 0 Å². The zero-order valence-electron chi connectivity index (χ0n) is 16.7. The first-order valence-corrected chi connectivity index (χ1v) is 9.51. The molecule has 0 aliphatic carbocycles. The van der Waals surface area contributed by atoms with Crippen molar-refractivity contribution in [3.8, 4) is 22.9 Å². The first-order chi connectivity index (χ1) is 14.1. The summed E-state index contributed by atoms with van der Waals surface area (Å²) < 4.78 is 12.6. The van der Waals surface area contributed by atoms with E-state index < -0.39 is 0 Å². The molecule has 2 N–H and O–H groups in total. The second-order valence-corrected chi connectivity index (χ2v) is 7.11. The van der Waals surface area contributed by atoms with E-state index in [1.54, 1.807) is 20.4 Å². The average Bonchev–Trinajstić information content (AvgIpc) is 3.43. The number of ether oxygens (including phenoxy) is 2. The molecule has 0 bridgehead atoms. The Balaban J connectivity index is 1.66. The van der Waals surface area contributed by atoms with E-state index in [-0.39, 0.29) is 11.9 Å². The molecule has 1 fully saturated rings. The summed E-state index contributed by atoms with van der Waals surface area (Å²) in [5.41, 5.74) is 2.79. The highest BCUT2D eigenvalue weighted by molar-refractivity contribution is 5.78. The van der Waals surface area contributed by atoms with Crippen LogP contribution in [-0.2, 0) is 17.8 Å². The van der Waals surface area contributed by atoms with E-state index in [2.05, 4.69) is 15.5 Å². The van der Waals surface area contributed by atoms with Gasteiger partial charge < -0.3 is 14.8 Å². The fourth-order valence-electron chi connectivity index (χ4n) is 3.54. The van der Waals surface area contributed by atoms with Gasteiger partial charge in [-0.3, -0.25) is 9.89 Å². The van der Waals surface area contributed by atoms with E-state index in [0.29, 0.717) is 36.7 Å². The van der Waals surface area contributed by atoms with Crippen molar-refractivity contribution >= 4 is 5.91 Å². The Morgan fingerprint density at radius 3 is 2.72 bits per heavy atom. The molecule has 0 unspecified atom stereocenters. The van der Waals surface area contributed by atoms with E-state index in [1.807, 2.05) is 29.8 Å². The van der Waals surface area contributed by atoms with Crippen LogP contribution in [0.25, 0.3) is 11.4 Å². The zero-order chi connectivity index (χ0) is 20.4. The van der Waals surface area contributed by atoms with Crippen LogP contribution in [0.15, 0.2) is 24.4 Å². The number of carbonyl (C=O) groups is 1. The number of methoxy groups -OCH3 is 2. The van der Waals surface area contributed by atoms with Gasteiger partial charge in [-0.2, -0.15) is 10.2 Å². The molecule has 152 valence electrons. The number of carbonyl (C=O) groups excluding carboxylic acids is 1. The standard InChI is InChI=1S/C20H24N6O3/c1-12-15(10-21-24-12)20-23-18(9-14-5-7-19(27)22-14)26(25-20)11-13-4-6-16(28-2)17(8-13)29-3/h4,6,8,10,14H,5,7,9,11H2,1-3H3,(H,21,24)(H,22,27)/t14-/m1/s1. The van der Waals surface area contributed by atoms with Crippen LogP contribution >= 0.6 is 0 Å². The molecule has 1 atom stereocenters. The predicted octanol–water partition coefficient (Wildman–Crippen LogP) is 1.86. The number of benzene rings is 1. The number of nitrogens with zero attached hydrogens (tertiary/aromatic N) is 4. The van der Waals surface area contributed by atoms with Crippen molar-refractivity contribution in [2.75, 3.05) is 14.2 Å². The van der Waals surface area contributed by atoms with Gasteiger partial charge in [0.25, 0.3) is 0 Å². The number of rotatable bonds is 7. The summed E-state index contributed by atoms with van der Waals surface area (Å²) in [6, 6.07) is 5.87. The Labute approximate surface area is 168 Å². The topological polar surface area (TPSA) is 107 Å². The Morgan fingerprint density at radius 2 is 2.07 bits per heavy atom. The summed E-state index contributed by atoms with van der Waals surface area (Å²) in [4.78, 5) is 16.4. The van der Waals surface area contributed by atoms with E-state index in [0.717, 1.165) is 29.1 Å². The molecule has 4 rings (SSSR count). The summed E-state index contributed by atoms with van der Waals surface area (Å²) in [7, 11) is 3.23. The molecular formula is C20H24N6O3. The molecule has 3 aromatic rings. The molecule has 1 aliphatic rings. The number of aryl methyl sites for hydroxylation is 1. The largest absolute Gasteiger partial charge is 0.493 e. The zero-order valence-corrected chi connectivity index (χ0v) is 16.7. The lowest BCUT2D eigenvalue weighted by Crippen LogP contribution is -2.28. The van der Waals surface area contributed by atoms with Crippen LogP contribution in [0.3, 0.4) is 0 Å². The third-order valence-corrected chi connectivity index (χ3v) is 5.11. The van der Waals surface area contributed by atoms with Gasteiger partial charge in [-0.25, -0.2) is 9.67 Å². The Bertz CT molecular complexity index is 1030. The fraction of sp³-hybridized carbons (Fsp3) is 0.400. The second-order valence-electron chi connectivity index (χ2n) is 7.11. The van der Waals surface area contributed by atoms with Gasteiger partial charge in [0.15, 0.2) is 17.3 Å². The van der Waals surface area contributed by atoms with Crippen LogP contribution in [0.4, 0.5) is 0 Å². The van der Waals surface area contributed by atoms with Gasteiger partial charge in [-0.05, 0) is 31.0 Å². The average molecular weight is 396 g/mol. The highest BCUT2D eigenvalue weighted by Gasteiger charge is 2.24. The monoisotopic (exact) mass is 396 g/mol. The van der Waals surface area contributed by atoms with Gasteiger partial charge >= 0.3 is 0 Å². The normalized spacial score (nSPS) is 16.1. The molecule has 1 aliphatic heterocycles. The number of aromatic nitrogens is 5. The lowest BCUT2D eigenvalue weighted by Gasteiger charge is -2.12. The first kappa shape index (κ1) is 19.0. The van der Waals surface area contributed by atoms with Crippen LogP contribution in [0, 0.1) is 6.92 Å². The molecule has 9 nitrogen and oxygen atoms in total. The van der Waals surface area contributed by atoms with Crippen molar-refractivity contribution in [3.05, 3.63) is 41.5 Å². The van der Waals surface area contributed by atoms with E-state index in [9.17, 15) is 4.79 Å². The quantitative estimate of drug-likeness (QED) is 0.631. The second kappa shape index (κ2) is 7.94. The Hall–Kier alpha value is -3.36. The number of aromatic amines is 1. The Kier molecular flexibility index (Phi) is 5.20. The molecule has 1 amide bonds. The minimum absolute atomic E-state index is 0.0779. The molecular weight excluding hydrogens is 372 g/mol. The summed E-state index contributed by atoms with van der Waals surface area (Å²) >= 11 is 0. The van der Waals surface area contributed by atoms with Crippen LogP contribution in [0.2, 0.25) is 0 Å². The van der Waals surface area contributed by atoms with Crippen molar-refractivity contribution in [1.29, 1.82) is 0 Å². The third kappa shape index (κ3) is 3.94. The smallest absolute Gasteiger partial charge is 0.220 e. The van der Waals surface area contributed by atoms with Gasteiger partial charge in [0.2, 0.25) is 5.91 Å². The molecule has 29 heavy (non-hydrogen) atoms. The SMILES string of the molecule is COc1ccc(Cn2nc(-c3cn[nH]c3C)nc2C[C@H]2CCC(=O)N2)cc1OC. The van der Waals surface area contributed by atoms with Gasteiger partial charge in [-0.15, -0.1) is 0 Å². The molecule has 3 heterocycles. The van der Waals surface area contributed by atoms with Crippen LogP contribution in [0.5, 0.6) is 11.5 Å². The number of amides is 1. The molecule has 0 radical (unpaired) electrons. The third-order valence-electron chi connectivity index (χ3n) is 5.11. The maximum Gasteiger partial charge on any atom is 0.220 e. The fourth-order valence-corrected chi connectivity index (χ4v) is 3.54. The predicted molar refractivity (Wildman–Crippen MR) is 106 cm³/mol. The summed E-state index contributed by atoms with van der Waals surface area (Å²) in [6.07, 6.45) is 3.72. The Morgan fingerprint density at radius 1 is 1.24 bits per heavy atom. The maximum atomic E-state index is 11.6. The summed E-state index contributed by atoms with van der Waals surface area (Å²) in [5, 5.41) is 14.7. The minimum Gasteiger partial charge on any atom is -0.493 e. The number of nitrogens with one attached hydrogen (secondary N) is 2. The number of hydrogen-bond acceptors (Lipinski definition) is 6. The highest BCUT2D eigenvalue weighted by atomic mass is 16.5. The lowest BCUT2D eigenvalue weighted by atomic mass is 10.1. The van der Waals surface area contributed by atoms with Crippen molar-refractivity contribution < 1.29 is 14.3 Å². The molecule has 9 heteroatoms. The minimum atomic E-state index is 0.0779. The van der Waals surface area contributed by atoms with E-state index in [4.69, 9.17) is 19.6 Å². The van der Waals surface area contributed by atoms with E-state index >= 15 is 0 Å². The van der Waals surface area contributed by atoms with Gasteiger partial charge in [-0.1, -0.05) is 6.07 Å². The maximum absolute atomic E-state index is 11.6.